The van der Waals surface area contributed by atoms with E-state index in [-0.39, 0.29) is 11.8 Å². The normalized spacial score (nSPS) is 20.7. The van der Waals surface area contributed by atoms with Crippen LogP contribution in [0, 0.1) is 16.7 Å². The largest absolute Gasteiger partial charge is 0.300 e. The predicted octanol–water partition coefficient (Wildman–Crippen LogP) is 4.13. The molecule has 4 rings (SSSR count). The third kappa shape index (κ3) is 2.90. The first-order chi connectivity index (χ1) is 13.2. The number of nitrogens with zero attached hydrogens (tertiary/aromatic N) is 3. The Hall–Kier alpha value is -3.04. The number of carbonyl (C=O) groups excluding carboxylic acids is 1. The summed E-state index contributed by atoms with van der Waals surface area (Å²) in [4.78, 5) is 13.4. The van der Waals surface area contributed by atoms with Gasteiger partial charge in [-0.25, -0.2) is 0 Å². The number of amides is 1. The van der Waals surface area contributed by atoms with Crippen molar-refractivity contribution in [2.45, 2.75) is 25.7 Å². The van der Waals surface area contributed by atoms with Gasteiger partial charge in [0.2, 0.25) is 11.0 Å². The van der Waals surface area contributed by atoms with Crippen LogP contribution < -0.4 is 5.32 Å². The van der Waals surface area contributed by atoms with Crippen molar-refractivity contribution in [1.82, 2.24) is 10.2 Å². The highest BCUT2D eigenvalue weighted by molar-refractivity contribution is 7.13. The second kappa shape index (κ2) is 6.93. The molecule has 27 heavy (non-hydrogen) atoms. The van der Waals surface area contributed by atoms with Crippen LogP contribution in [-0.2, 0) is 11.2 Å². The molecule has 134 valence electrons. The minimum atomic E-state index is -0.635. The molecule has 1 aromatic heterocycles. The van der Waals surface area contributed by atoms with E-state index in [1.165, 1.54) is 11.3 Å². The van der Waals surface area contributed by atoms with E-state index in [9.17, 15) is 10.1 Å². The van der Waals surface area contributed by atoms with Gasteiger partial charge in [0.05, 0.1) is 17.0 Å². The molecule has 5 nitrogen and oxygen atoms in total. The van der Waals surface area contributed by atoms with Crippen LogP contribution in [0.3, 0.4) is 0 Å². The van der Waals surface area contributed by atoms with Gasteiger partial charge in [-0.15, -0.1) is 10.2 Å². The lowest BCUT2D eigenvalue weighted by Crippen LogP contribution is -2.40. The number of aromatic nitrogens is 2. The van der Waals surface area contributed by atoms with Crippen molar-refractivity contribution in [3.05, 3.63) is 76.3 Å². The number of anilines is 1. The van der Waals surface area contributed by atoms with E-state index >= 15 is 0 Å². The molecule has 0 saturated carbocycles. The molecule has 1 heterocycles. The number of carbonyl (C=O) groups is 1. The highest BCUT2D eigenvalue weighted by atomic mass is 32.1. The Kier molecular flexibility index (Phi) is 4.46. The van der Waals surface area contributed by atoms with Gasteiger partial charge in [0, 0.05) is 5.92 Å². The van der Waals surface area contributed by atoms with E-state index in [1.54, 1.807) is 5.51 Å². The van der Waals surface area contributed by atoms with E-state index in [1.807, 2.05) is 43.3 Å². The fourth-order valence-electron chi connectivity index (χ4n) is 4.13. The summed E-state index contributed by atoms with van der Waals surface area (Å²) in [5.41, 5.74) is 4.85. The summed E-state index contributed by atoms with van der Waals surface area (Å²) in [7, 11) is 0. The Balaban J connectivity index is 1.84. The van der Waals surface area contributed by atoms with Crippen molar-refractivity contribution in [2.24, 2.45) is 5.41 Å². The van der Waals surface area contributed by atoms with Crippen LogP contribution in [0.25, 0.3) is 0 Å². The first-order valence-corrected chi connectivity index (χ1v) is 9.71. The van der Waals surface area contributed by atoms with Crippen LogP contribution in [0.4, 0.5) is 5.13 Å². The summed E-state index contributed by atoms with van der Waals surface area (Å²) in [6.07, 6.45) is 1.31. The molecular weight excluding hydrogens is 356 g/mol. The molecule has 1 amide bonds. The van der Waals surface area contributed by atoms with Crippen LogP contribution in [0.15, 0.2) is 54.0 Å². The molecular formula is C21H18N4OS. The number of fused-ring (bicyclic) bond motifs is 1. The Morgan fingerprint density at radius 2 is 2.15 bits per heavy atom. The smallest absolute Gasteiger partial charge is 0.233 e. The molecule has 1 aliphatic rings. The van der Waals surface area contributed by atoms with Crippen molar-refractivity contribution in [3.8, 4) is 6.07 Å². The maximum Gasteiger partial charge on any atom is 0.233 e. The van der Waals surface area contributed by atoms with Gasteiger partial charge in [0.1, 0.15) is 5.51 Å². The van der Waals surface area contributed by atoms with Crippen molar-refractivity contribution in [3.63, 3.8) is 0 Å². The number of nitrogens with one attached hydrogen (secondary N) is 1. The molecule has 0 aliphatic heterocycles. The predicted molar refractivity (Wildman–Crippen MR) is 104 cm³/mol. The van der Waals surface area contributed by atoms with Crippen LogP contribution in [0.1, 0.15) is 41.5 Å². The average molecular weight is 374 g/mol. The first kappa shape index (κ1) is 17.4. The molecule has 0 unspecified atom stereocenters. The molecule has 1 aliphatic carbocycles. The monoisotopic (exact) mass is 374 g/mol. The lowest BCUT2D eigenvalue weighted by atomic mass is 9.70. The standard InChI is InChI=1S/C21H18N4OS/c1-2-21(19(26)24-20-25-23-13-27-20)11-16-9-8-14(12-22)10-17(16)18(21)15-6-4-3-5-7-15/h3-10,13,18H,2,11H2,1H3,(H,24,25,26)/t18-,21+/m0/s1. The van der Waals surface area contributed by atoms with E-state index < -0.39 is 5.41 Å². The summed E-state index contributed by atoms with van der Waals surface area (Å²) < 4.78 is 0. The van der Waals surface area contributed by atoms with Crippen LogP contribution >= 0.6 is 11.3 Å². The fourth-order valence-corrected chi connectivity index (χ4v) is 4.57. The molecule has 2 atom stereocenters. The van der Waals surface area contributed by atoms with Gasteiger partial charge in [-0.05, 0) is 41.7 Å². The Morgan fingerprint density at radius 1 is 1.33 bits per heavy atom. The number of rotatable bonds is 4. The van der Waals surface area contributed by atoms with Gasteiger partial charge in [0.25, 0.3) is 0 Å². The highest BCUT2D eigenvalue weighted by Gasteiger charge is 2.51. The van der Waals surface area contributed by atoms with Crippen LogP contribution in [0.2, 0.25) is 0 Å². The van der Waals surface area contributed by atoms with Gasteiger partial charge in [-0.2, -0.15) is 5.26 Å². The second-order valence-electron chi connectivity index (χ2n) is 6.75. The molecule has 1 N–H and O–H groups in total. The van der Waals surface area contributed by atoms with E-state index in [0.29, 0.717) is 23.5 Å². The van der Waals surface area contributed by atoms with Gasteiger partial charge >= 0.3 is 0 Å². The lowest BCUT2D eigenvalue weighted by molar-refractivity contribution is -0.126. The molecule has 2 aromatic carbocycles. The third-order valence-electron chi connectivity index (χ3n) is 5.44. The second-order valence-corrected chi connectivity index (χ2v) is 7.59. The zero-order valence-electron chi connectivity index (χ0n) is 14.8. The average Bonchev–Trinajstić information content (AvgIpc) is 3.33. The van der Waals surface area contributed by atoms with E-state index in [4.69, 9.17) is 0 Å². The van der Waals surface area contributed by atoms with Crippen molar-refractivity contribution < 1.29 is 4.79 Å². The van der Waals surface area contributed by atoms with E-state index in [2.05, 4.69) is 33.7 Å². The molecule has 0 radical (unpaired) electrons. The Morgan fingerprint density at radius 3 is 2.81 bits per heavy atom. The van der Waals surface area contributed by atoms with E-state index in [0.717, 1.165) is 16.7 Å². The summed E-state index contributed by atoms with van der Waals surface area (Å²) >= 11 is 1.31. The van der Waals surface area contributed by atoms with Crippen molar-refractivity contribution >= 4 is 22.4 Å². The van der Waals surface area contributed by atoms with Gasteiger partial charge in [0.15, 0.2) is 0 Å². The van der Waals surface area contributed by atoms with Crippen molar-refractivity contribution in [2.75, 3.05) is 5.32 Å². The van der Waals surface area contributed by atoms with Crippen molar-refractivity contribution in [1.29, 1.82) is 5.26 Å². The molecule has 3 aromatic rings. The SMILES string of the molecule is CC[C@@]1(C(=O)Nc2nncs2)Cc2ccc(C#N)cc2[C@@H]1c1ccccc1. The zero-order valence-corrected chi connectivity index (χ0v) is 15.7. The molecule has 0 spiro atoms. The van der Waals surface area contributed by atoms with Crippen LogP contribution in [0.5, 0.6) is 0 Å². The number of hydrogen-bond acceptors (Lipinski definition) is 5. The number of nitriles is 1. The fraction of sp³-hybridized carbons (Fsp3) is 0.238. The number of benzene rings is 2. The Labute approximate surface area is 161 Å². The quantitative estimate of drug-likeness (QED) is 0.745. The Bertz CT molecular complexity index is 1010. The topological polar surface area (TPSA) is 78.7 Å². The third-order valence-corrected chi connectivity index (χ3v) is 6.05. The zero-order chi connectivity index (χ0) is 18.9. The maximum atomic E-state index is 13.4. The summed E-state index contributed by atoms with van der Waals surface area (Å²) in [6, 6.07) is 18.0. The highest BCUT2D eigenvalue weighted by Crippen LogP contribution is 2.53. The lowest BCUT2D eigenvalue weighted by Gasteiger charge is -2.33. The van der Waals surface area contributed by atoms with Gasteiger partial charge in [-0.3, -0.25) is 4.79 Å². The number of hydrogen-bond donors (Lipinski definition) is 1. The maximum absolute atomic E-state index is 13.4. The minimum Gasteiger partial charge on any atom is -0.300 e. The first-order valence-electron chi connectivity index (χ1n) is 8.83. The van der Waals surface area contributed by atoms with Crippen LogP contribution in [-0.4, -0.2) is 16.1 Å². The molecule has 0 bridgehead atoms. The van der Waals surface area contributed by atoms with Gasteiger partial charge < -0.3 is 5.32 Å². The summed E-state index contributed by atoms with van der Waals surface area (Å²) in [5, 5.41) is 20.6. The summed E-state index contributed by atoms with van der Waals surface area (Å²) in [5.74, 6) is -0.162. The molecule has 6 heteroatoms. The molecule has 0 saturated heterocycles. The minimum absolute atomic E-state index is 0.0506. The summed E-state index contributed by atoms with van der Waals surface area (Å²) in [6.45, 7) is 2.05. The van der Waals surface area contributed by atoms with Gasteiger partial charge in [-0.1, -0.05) is 54.7 Å². The molecule has 0 fully saturated rings.